The molecule has 0 N–H and O–H groups in total. The predicted molar refractivity (Wildman–Crippen MR) is 63.0 cm³/mol. The highest BCUT2D eigenvalue weighted by atomic mass is 16.7. The summed E-state index contributed by atoms with van der Waals surface area (Å²) in [6.07, 6.45) is 0. The number of nitrogens with zero attached hydrogens (tertiary/aromatic N) is 10. The molecule has 0 bridgehead atoms. The maximum Gasteiger partial charge on any atom is 0.629 e. The maximum absolute atomic E-state index is 12.2. The van der Waals surface area contributed by atoms with Gasteiger partial charge in [-0.25, -0.2) is 0 Å². The molecule has 0 aromatic heterocycles. The first kappa shape index (κ1) is 16.2. The first-order valence-electron chi connectivity index (χ1n) is 5.25. The van der Waals surface area contributed by atoms with Crippen molar-refractivity contribution in [2.24, 2.45) is 30.9 Å². The molecule has 0 saturated carbocycles. The molecule has 0 spiro atoms. The smallest absolute Gasteiger partial charge is 0.284 e. The number of carbonyl (C=O) groups is 1. The summed E-state index contributed by atoms with van der Waals surface area (Å²) in [5, 5.41) is 59.9. The van der Waals surface area contributed by atoms with Crippen molar-refractivity contribution in [3.8, 4) is 0 Å². The molecule has 0 radical (unpaired) electrons. The van der Waals surface area contributed by atoms with Crippen LogP contribution in [0.5, 0.6) is 0 Å². The lowest BCUT2D eigenvalue weighted by Gasteiger charge is -2.10. The molecule has 0 amide bonds. The molecule has 0 saturated heterocycles. The van der Waals surface area contributed by atoms with Crippen molar-refractivity contribution < 1.29 is 24.5 Å². The van der Waals surface area contributed by atoms with Gasteiger partial charge in [0.05, 0.1) is 0 Å². The fraction of sp³-hybridized carbons (Fsp3) is 0.400. The van der Waals surface area contributed by atoms with Gasteiger partial charge in [0.2, 0.25) is 0 Å². The van der Waals surface area contributed by atoms with E-state index in [2.05, 4.69) is 30.9 Å². The van der Waals surface area contributed by atoms with Crippen LogP contribution in [-0.4, -0.2) is 48.5 Å². The normalized spacial score (nSPS) is 19.5. The second-order valence-corrected chi connectivity index (χ2v) is 3.90. The SMILES string of the molecule is O=C(C1=NN=NC1([N+](=O)[O-])[N+](=O)[O-])C1=NN=NC1([N+](=O)[O-])[N+](=O)[O-]. The highest BCUT2D eigenvalue weighted by molar-refractivity contribution is 6.69. The molecular formula is C5N10O9. The van der Waals surface area contributed by atoms with E-state index in [1.165, 1.54) is 0 Å². The van der Waals surface area contributed by atoms with Crippen molar-refractivity contribution in [1.29, 1.82) is 0 Å². The van der Waals surface area contributed by atoms with Gasteiger partial charge < -0.3 is 0 Å². The van der Waals surface area contributed by atoms with Crippen LogP contribution in [0, 0.1) is 40.5 Å². The molecule has 0 unspecified atom stereocenters. The lowest BCUT2D eigenvalue weighted by Crippen LogP contribution is -2.59. The average molecular weight is 344 g/mol. The van der Waals surface area contributed by atoms with E-state index in [1.807, 2.05) is 0 Å². The summed E-state index contributed by atoms with van der Waals surface area (Å²) in [6.45, 7) is 0. The molecular weight excluding hydrogens is 344 g/mol. The third-order valence-electron chi connectivity index (χ3n) is 2.74. The topological polar surface area (TPSA) is 264 Å². The van der Waals surface area contributed by atoms with E-state index >= 15 is 0 Å². The minimum absolute atomic E-state index is 1.64. The van der Waals surface area contributed by atoms with Crippen LogP contribution in [-0.2, 0) is 4.79 Å². The van der Waals surface area contributed by atoms with E-state index in [0.717, 1.165) is 0 Å². The van der Waals surface area contributed by atoms with Crippen molar-refractivity contribution in [1.82, 2.24) is 0 Å². The van der Waals surface area contributed by atoms with E-state index in [0.29, 0.717) is 0 Å². The fourth-order valence-electron chi connectivity index (χ4n) is 1.62. The molecule has 2 aliphatic heterocycles. The minimum Gasteiger partial charge on any atom is -0.284 e. The van der Waals surface area contributed by atoms with Gasteiger partial charge in [-0.2, -0.15) is 0 Å². The lowest BCUT2D eigenvalue weighted by atomic mass is 10.0. The Labute approximate surface area is 126 Å². The van der Waals surface area contributed by atoms with Gasteiger partial charge >= 0.3 is 11.6 Å². The predicted octanol–water partition coefficient (Wildman–Crippen LogP) is -1.39. The zero-order valence-corrected chi connectivity index (χ0v) is 10.6. The standard InChI is InChI=1S/C5N10O9/c16-1(2-4(12(17)18,13(19)20)8-10-6-2)3-5(14(21)22,15(23)24)9-11-7-3. The zero-order valence-electron chi connectivity index (χ0n) is 10.6. The molecule has 124 valence electrons. The summed E-state index contributed by atoms with van der Waals surface area (Å²) in [5.41, 5.74) is -3.28. The molecule has 2 heterocycles. The minimum atomic E-state index is -3.72. The summed E-state index contributed by atoms with van der Waals surface area (Å²) in [4.78, 5) is 49.3. The van der Waals surface area contributed by atoms with Crippen LogP contribution in [0.2, 0.25) is 0 Å². The van der Waals surface area contributed by atoms with Gasteiger partial charge in [-0.1, -0.05) is 0 Å². The second kappa shape index (κ2) is 4.92. The Morgan fingerprint density at radius 2 is 1.00 bits per heavy atom. The molecule has 19 heteroatoms. The molecule has 0 aromatic rings. The number of carbonyl (C=O) groups excluding carboxylic acids is 1. The lowest BCUT2D eigenvalue weighted by molar-refractivity contribution is -0.770. The maximum atomic E-state index is 12.2. The van der Waals surface area contributed by atoms with Gasteiger partial charge in [0.1, 0.15) is 19.7 Å². The first-order chi connectivity index (χ1) is 11.1. The summed E-state index contributed by atoms with van der Waals surface area (Å²) >= 11 is 0. The molecule has 0 aliphatic carbocycles. The van der Waals surface area contributed by atoms with E-state index < -0.39 is 48.5 Å². The Balaban J connectivity index is 2.58. The summed E-state index contributed by atoms with van der Waals surface area (Å²) < 4.78 is 0. The van der Waals surface area contributed by atoms with Crippen LogP contribution >= 0.6 is 0 Å². The van der Waals surface area contributed by atoms with Gasteiger partial charge in [0, 0.05) is 0 Å². The number of nitro groups is 4. The third kappa shape index (κ3) is 1.74. The van der Waals surface area contributed by atoms with Crippen molar-refractivity contribution in [2.75, 3.05) is 0 Å². The Hall–Kier alpha value is -4.19. The largest absolute Gasteiger partial charge is 0.629 e. The second-order valence-electron chi connectivity index (χ2n) is 3.90. The van der Waals surface area contributed by atoms with Crippen LogP contribution in [0.25, 0.3) is 0 Å². The zero-order chi connectivity index (χ0) is 18.3. The number of rotatable bonds is 6. The van der Waals surface area contributed by atoms with Gasteiger partial charge in [0.25, 0.3) is 17.2 Å². The van der Waals surface area contributed by atoms with Gasteiger partial charge in [-0.05, 0) is 20.7 Å². The van der Waals surface area contributed by atoms with Crippen LogP contribution < -0.4 is 0 Å². The highest BCUT2D eigenvalue weighted by Crippen LogP contribution is 2.28. The molecule has 24 heavy (non-hydrogen) atoms. The van der Waals surface area contributed by atoms with Crippen LogP contribution in [0.15, 0.2) is 30.9 Å². The summed E-state index contributed by atoms with van der Waals surface area (Å²) in [7, 11) is 0. The van der Waals surface area contributed by atoms with Crippen LogP contribution in [0.4, 0.5) is 0 Å². The summed E-state index contributed by atoms with van der Waals surface area (Å²) in [6, 6.07) is 0. The van der Waals surface area contributed by atoms with Crippen molar-refractivity contribution in [3.05, 3.63) is 40.5 Å². The number of hydrogen-bond donors (Lipinski definition) is 0. The van der Waals surface area contributed by atoms with Gasteiger partial charge in [0.15, 0.2) is 0 Å². The molecule has 0 aromatic carbocycles. The van der Waals surface area contributed by atoms with Crippen LogP contribution in [0.3, 0.4) is 0 Å². The van der Waals surface area contributed by atoms with E-state index in [1.54, 1.807) is 0 Å². The van der Waals surface area contributed by atoms with Crippen molar-refractivity contribution in [2.45, 2.75) is 11.6 Å². The summed E-state index contributed by atoms with van der Waals surface area (Å²) in [5.74, 6) is -9.44. The van der Waals surface area contributed by atoms with E-state index in [9.17, 15) is 45.3 Å². The van der Waals surface area contributed by atoms with Crippen molar-refractivity contribution >= 4 is 17.2 Å². The third-order valence-corrected chi connectivity index (χ3v) is 2.74. The molecule has 2 rings (SSSR count). The Bertz CT molecular complexity index is 727. The Morgan fingerprint density at radius 3 is 1.25 bits per heavy atom. The average Bonchev–Trinajstić information content (AvgIpc) is 3.11. The number of Topliss-reactive ketones (excluding diaryl/α,β-unsaturated/α-hetero) is 1. The first-order valence-corrected chi connectivity index (χ1v) is 5.25. The van der Waals surface area contributed by atoms with Gasteiger partial charge in [-0.15, -0.1) is 10.2 Å². The number of hydrogen-bond acceptors (Lipinski definition) is 15. The molecule has 0 fully saturated rings. The Morgan fingerprint density at radius 1 is 0.708 bits per heavy atom. The molecule has 0 atom stereocenters. The van der Waals surface area contributed by atoms with Gasteiger partial charge in [-0.3, -0.25) is 45.3 Å². The Kier molecular flexibility index (Phi) is 3.32. The van der Waals surface area contributed by atoms with Crippen molar-refractivity contribution in [3.63, 3.8) is 0 Å². The van der Waals surface area contributed by atoms with Crippen LogP contribution in [0.1, 0.15) is 0 Å². The van der Waals surface area contributed by atoms with E-state index in [4.69, 9.17) is 0 Å². The monoisotopic (exact) mass is 344 g/mol. The quantitative estimate of drug-likeness (QED) is 0.311. The van der Waals surface area contributed by atoms with E-state index in [-0.39, 0.29) is 0 Å². The molecule has 2 aliphatic rings. The number of ketones is 1. The molecule has 19 nitrogen and oxygen atoms in total. The highest BCUT2D eigenvalue weighted by Gasteiger charge is 2.75. The fourth-order valence-corrected chi connectivity index (χ4v) is 1.62.